The molecule has 1 N–H and O–H groups in total. The second-order valence-corrected chi connectivity index (χ2v) is 4.52. The molecular formula is C12H14N2S. The Morgan fingerprint density at radius 1 is 1.27 bits per heavy atom. The van der Waals surface area contributed by atoms with Gasteiger partial charge in [-0.15, -0.1) is 0 Å². The number of benzene rings is 1. The molecule has 0 saturated heterocycles. The Balaban J connectivity index is 2.18. The van der Waals surface area contributed by atoms with Crippen molar-refractivity contribution in [2.24, 2.45) is 0 Å². The molecule has 0 aliphatic rings. The van der Waals surface area contributed by atoms with Crippen molar-refractivity contribution in [2.75, 3.05) is 0 Å². The molecule has 2 nitrogen and oxygen atoms in total. The Bertz CT molecular complexity index is 431. The van der Waals surface area contributed by atoms with Crippen LogP contribution in [0.15, 0.2) is 40.5 Å². The SMILES string of the molecule is CCc1[nH]cnc1Sc1ccc(C)cc1. The van der Waals surface area contributed by atoms with Crippen LogP contribution < -0.4 is 0 Å². The smallest absolute Gasteiger partial charge is 0.122 e. The molecule has 2 rings (SSSR count). The standard InChI is InChI=1S/C12H14N2S/c1-3-11-12(14-8-13-11)15-10-6-4-9(2)5-7-10/h4-8H,3H2,1-2H3,(H,13,14). The number of hydrogen-bond donors (Lipinski definition) is 1. The minimum atomic E-state index is 0.994. The predicted molar refractivity (Wildman–Crippen MR) is 63.3 cm³/mol. The van der Waals surface area contributed by atoms with Crippen LogP contribution in [0.25, 0.3) is 0 Å². The van der Waals surface area contributed by atoms with Gasteiger partial charge in [0.25, 0.3) is 0 Å². The minimum Gasteiger partial charge on any atom is -0.348 e. The fourth-order valence-corrected chi connectivity index (χ4v) is 2.29. The van der Waals surface area contributed by atoms with E-state index < -0.39 is 0 Å². The van der Waals surface area contributed by atoms with Crippen LogP contribution in [-0.2, 0) is 6.42 Å². The molecule has 0 fully saturated rings. The highest BCUT2D eigenvalue weighted by atomic mass is 32.2. The van der Waals surface area contributed by atoms with E-state index >= 15 is 0 Å². The number of nitrogens with one attached hydrogen (secondary N) is 1. The number of nitrogens with zero attached hydrogens (tertiary/aromatic N) is 1. The number of aromatic nitrogens is 2. The van der Waals surface area contributed by atoms with Crippen LogP contribution in [0.2, 0.25) is 0 Å². The second-order valence-electron chi connectivity index (χ2n) is 3.45. The summed E-state index contributed by atoms with van der Waals surface area (Å²) in [6.45, 7) is 4.23. The number of imidazole rings is 1. The average molecular weight is 218 g/mol. The molecule has 0 amide bonds. The Hall–Kier alpha value is -1.22. The lowest BCUT2D eigenvalue weighted by Crippen LogP contribution is -1.83. The zero-order valence-electron chi connectivity index (χ0n) is 8.95. The first-order valence-corrected chi connectivity index (χ1v) is 5.88. The quantitative estimate of drug-likeness (QED) is 0.855. The van der Waals surface area contributed by atoms with E-state index in [-0.39, 0.29) is 0 Å². The molecule has 0 aliphatic heterocycles. The lowest BCUT2D eigenvalue weighted by molar-refractivity contribution is 1.01. The van der Waals surface area contributed by atoms with Crippen LogP contribution in [0.1, 0.15) is 18.2 Å². The molecule has 15 heavy (non-hydrogen) atoms. The molecule has 3 heteroatoms. The summed E-state index contributed by atoms with van der Waals surface area (Å²) < 4.78 is 0. The number of hydrogen-bond acceptors (Lipinski definition) is 2. The van der Waals surface area contributed by atoms with Gasteiger partial charge in [-0.3, -0.25) is 0 Å². The topological polar surface area (TPSA) is 28.7 Å². The Morgan fingerprint density at radius 3 is 2.67 bits per heavy atom. The van der Waals surface area contributed by atoms with E-state index in [1.54, 1.807) is 18.1 Å². The highest BCUT2D eigenvalue weighted by Crippen LogP contribution is 2.28. The third-order valence-corrected chi connectivity index (χ3v) is 3.32. The first-order chi connectivity index (χ1) is 7.29. The maximum absolute atomic E-state index is 4.31. The first-order valence-electron chi connectivity index (χ1n) is 5.06. The highest BCUT2D eigenvalue weighted by Gasteiger charge is 2.05. The summed E-state index contributed by atoms with van der Waals surface area (Å²) in [4.78, 5) is 8.71. The van der Waals surface area contributed by atoms with Gasteiger partial charge in [-0.05, 0) is 25.5 Å². The average Bonchev–Trinajstić information content (AvgIpc) is 2.69. The lowest BCUT2D eigenvalue weighted by Gasteiger charge is -2.00. The third kappa shape index (κ3) is 2.42. The molecular weight excluding hydrogens is 204 g/mol. The molecule has 0 unspecified atom stereocenters. The van der Waals surface area contributed by atoms with Gasteiger partial charge in [-0.25, -0.2) is 4.98 Å². The summed E-state index contributed by atoms with van der Waals surface area (Å²) in [6, 6.07) is 8.52. The van der Waals surface area contributed by atoms with Gasteiger partial charge in [0.05, 0.1) is 6.33 Å². The van der Waals surface area contributed by atoms with Crippen molar-refractivity contribution in [2.45, 2.75) is 30.2 Å². The van der Waals surface area contributed by atoms with Crippen molar-refractivity contribution >= 4 is 11.8 Å². The molecule has 0 radical (unpaired) electrons. The molecule has 0 saturated carbocycles. The van der Waals surface area contributed by atoms with Gasteiger partial charge in [0.1, 0.15) is 5.03 Å². The molecule has 2 aromatic rings. The van der Waals surface area contributed by atoms with E-state index in [2.05, 4.69) is 48.1 Å². The van der Waals surface area contributed by atoms with Crippen LogP contribution in [0.3, 0.4) is 0 Å². The van der Waals surface area contributed by atoms with Crippen molar-refractivity contribution in [1.82, 2.24) is 9.97 Å². The number of rotatable bonds is 3. The van der Waals surface area contributed by atoms with Crippen LogP contribution >= 0.6 is 11.8 Å². The fourth-order valence-electron chi connectivity index (χ4n) is 1.37. The summed E-state index contributed by atoms with van der Waals surface area (Å²) in [5.41, 5.74) is 2.50. The maximum Gasteiger partial charge on any atom is 0.122 e. The molecule has 0 bridgehead atoms. The number of aromatic amines is 1. The highest BCUT2D eigenvalue weighted by molar-refractivity contribution is 7.99. The van der Waals surface area contributed by atoms with E-state index in [1.807, 2.05) is 0 Å². The summed E-state index contributed by atoms with van der Waals surface area (Å²) in [7, 11) is 0. The van der Waals surface area contributed by atoms with Crippen LogP contribution in [0.4, 0.5) is 0 Å². The van der Waals surface area contributed by atoms with Crippen LogP contribution in [0, 0.1) is 6.92 Å². The van der Waals surface area contributed by atoms with Crippen LogP contribution in [0.5, 0.6) is 0 Å². The summed E-state index contributed by atoms with van der Waals surface area (Å²) in [5.74, 6) is 0. The van der Waals surface area contributed by atoms with Crippen LogP contribution in [-0.4, -0.2) is 9.97 Å². The third-order valence-electron chi connectivity index (χ3n) is 2.27. The molecule has 0 atom stereocenters. The van der Waals surface area contributed by atoms with E-state index in [1.165, 1.54) is 16.2 Å². The van der Waals surface area contributed by atoms with E-state index in [0.29, 0.717) is 0 Å². The van der Waals surface area contributed by atoms with Crippen molar-refractivity contribution < 1.29 is 0 Å². The number of aryl methyl sites for hydroxylation is 2. The van der Waals surface area contributed by atoms with Gasteiger partial charge < -0.3 is 4.98 Å². The van der Waals surface area contributed by atoms with Crippen molar-refractivity contribution in [3.05, 3.63) is 41.9 Å². The molecule has 1 aromatic carbocycles. The van der Waals surface area contributed by atoms with E-state index in [4.69, 9.17) is 0 Å². The van der Waals surface area contributed by atoms with E-state index in [0.717, 1.165) is 11.4 Å². The maximum atomic E-state index is 4.31. The number of H-pyrrole nitrogens is 1. The Kier molecular flexibility index (Phi) is 3.11. The van der Waals surface area contributed by atoms with Gasteiger partial charge in [-0.1, -0.05) is 36.4 Å². The van der Waals surface area contributed by atoms with Crippen molar-refractivity contribution in [3.63, 3.8) is 0 Å². The largest absolute Gasteiger partial charge is 0.348 e. The summed E-state index contributed by atoms with van der Waals surface area (Å²) in [5, 5.41) is 1.08. The molecule has 1 aromatic heterocycles. The summed E-state index contributed by atoms with van der Waals surface area (Å²) in [6.07, 6.45) is 2.75. The Labute approximate surface area is 94.1 Å². The van der Waals surface area contributed by atoms with Gasteiger partial charge in [0, 0.05) is 10.6 Å². The van der Waals surface area contributed by atoms with Crippen molar-refractivity contribution in [3.8, 4) is 0 Å². The molecule has 1 heterocycles. The Morgan fingerprint density at radius 2 is 2.00 bits per heavy atom. The van der Waals surface area contributed by atoms with E-state index in [9.17, 15) is 0 Å². The van der Waals surface area contributed by atoms with Gasteiger partial charge in [-0.2, -0.15) is 0 Å². The van der Waals surface area contributed by atoms with Gasteiger partial charge in [0.2, 0.25) is 0 Å². The van der Waals surface area contributed by atoms with Crippen molar-refractivity contribution in [1.29, 1.82) is 0 Å². The normalized spacial score (nSPS) is 10.5. The monoisotopic (exact) mass is 218 g/mol. The predicted octanol–water partition coefficient (Wildman–Crippen LogP) is 3.43. The molecule has 0 spiro atoms. The molecule has 0 aliphatic carbocycles. The van der Waals surface area contributed by atoms with Gasteiger partial charge >= 0.3 is 0 Å². The fraction of sp³-hybridized carbons (Fsp3) is 0.250. The minimum absolute atomic E-state index is 0.994. The molecule has 78 valence electrons. The van der Waals surface area contributed by atoms with Gasteiger partial charge in [0.15, 0.2) is 0 Å². The second kappa shape index (κ2) is 4.53. The summed E-state index contributed by atoms with van der Waals surface area (Å²) >= 11 is 1.71. The lowest BCUT2D eigenvalue weighted by atomic mass is 10.2. The first kappa shape index (κ1) is 10.3. The zero-order chi connectivity index (χ0) is 10.7. The zero-order valence-corrected chi connectivity index (χ0v) is 9.77.